The van der Waals surface area contributed by atoms with Gasteiger partial charge in [-0.25, -0.2) is 18.6 Å². The maximum Gasteiger partial charge on any atom is 0.341 e. The first-order valence-corrected chi connectivity index (χ1v) is 4.10. The van der Waals surface area contributed by atoms with Crippen LogP contribution >= 0.6 is 11.6 Å². The van der Waals surface area contributed by atoms with E-state index in [1.807, 2.05) is 0 Å². The second-order valence-corrected chi connectivity index (χ2v) is 2.92. The van der Waals surface area contributed by atoms with Crippen molar-refractivity contribution in [3.63, 3.8) is 0 Å². The normalized spacial score (nSPS) is 10.5. The number of carboxylic acids is 1. The molecule has 0 amide bonds. The van der Waals surface area contributed by atoms with E-state index in [4.69, 9.17) is 16.7 Å². The lowest BCUT2D eigenvalue weighted by molar-refractivity contribution is 0.0679. The number of alkyl halides is 2. The topological polar surface area (TPSA) is 59.4 Å². The quantitative estimate of drug-likeness (QED) is 0.877. The summed E-state index contributed by atoms with van der Waals surface area (Å²) in [5, 5.41) is 8.34. The van der Waals surface area contributed by atoms with E-state index in [1.165, 1.54) is 0 Å². The second-order valence-electron chi connectivity index (χ2n) is 2.51. The SMILES string of the molecule is COc1ncc(Cl)c(C(F)F)c1C(=O)O. The molecule has 0 aliphatic rings. The number of methoxy groups -OCH3 is 1. The lowest BCUT2D eigenvalue weighted by atomic mass is 10.1. The number of carboxylic acid groups (broad SMARTS) is 1. The van der Waals surface area contributed by atoms with Crippen molar-refractivity contribution in [2.24, 2.45) is 0 Å². The van der Waals surface area contributed by atoms with Crippen molar-refractivity contribution in [2.75, 3.05) is 7.11 Å². The minimum Gasteiger partial charge on any atom is -0.480 e. The molecule has 0 aliphatic heterocycles. The fourth-order valence-corrected chi connectivity index (χ4v) is 1.28. The van der Waals surface area contributed by atoms with Crippen LogP contribution in [0.3, 0.4) is 0 Å². The Labute approximate surface area is 88.4 Å². The summed E-state index contributed by atoms with van der Waals surface area (Å²) in [4.78, 5) is 14.2. The highest BCUT2D eigenvalue weighted by atomic mass is 35.5. The van der Waals surface area contributed by atoms with Crippen LogP contribution in [0.5, 0.6) is 5.88 Å². The highest BCUT2D eigenvalue weighted by molar-refractivity contribution is 6.31. The molecule has 0 saturated carbocycles. The predicted molar refractivity (Wildman–Crippen MR) is 47.7 cm³/mol. The number of pyridine rings is 1. The third-order valence-electron chi connectivity index (χ3n) is 1.66. The van der Waals surface area contributed by atoms with E-state index in [1.54, 1.807) is 0 Å². The highest BCUT2D eigenvalue weighted by Crippen LogP contribution is 2.33. The highest BCUT2D eigenvalue weighted by Gasteiger charge is 2.26. The van der Waals surface area contributed by atoms with E-state index in [-0.39, 0.29) is 5.88 Å². The molecule has 4 nitrogen and oxygen atoms in total. The zero-order valence-electron chi connectivity index (χ0n) is 7.50. The molecule has 0 aromatic carbocycles. The van der Waals surface area contributed by atoms with Crippen LogP contribution in [-0.4, -0.2) is 23.2 Å². The molecule has 1 N–H and O–H groups in total. The van der Waals surface area contributed by atoms with Gasteiger partial charge in [-0.15, -0.1) is 0 Å². The standard InChI is InChI=1S/C8H6ClF2NO3/c1-15-7-5(8(13)14)4(6(10)11)3(9)2-12-7/h2,6H,1H3,(H,13,14). The van der Waals surface area contributed by atoms with E-state index >= 15 is 0 Å². The second kappa shape index (κ2) is 4.39. The molecule has 1 aromatic rings. The average Bonchev–Trinajstić information content (AvgIpc) is 2.16. The van der Waals surface area contributed by atoms with Crippen molar-refractivity contribution < 1.29 is 23.4 Å². The minimum atomic E-state index is -3.00. The molecule has 0 aliphatic carbocycles. The number of carbonyl (C=O) groups is 1. The van der Waals surface area contributed by atoms with Gasteiger partial charge in [-0.1, -0.05) is 11.6 Å². The lowest BCUT2D eigenvalue weighted by Crippen LogP contribution is -2.08. The Bertz CT molecular complexity index is 398. The van der Waals surface area contributed by atoms with E-state index in [2.05, 4.69) is 9.72 Å². The average molecular weight is 238 g/mol. The van der Waals surface area contributed by atoms with E-state index in [0.717, 1.165) is 13.3 Å². The third kappa shape index (κ3) is 2.15. The van der Waals surface area contributed by atoms with E-state index < -0.39 is 28.5 Å². The maximum absolute atomic E-state index is 12.5. The first-order valence-electron chi connectivity index (χ1n) is 3.72. The van der Waals surface area contributed by atoms with Gasteiger partial charge in [0.2, 0.25) is 5.88 Å². The van der Waals surface area contributed by atoms with Gasteiger partial charge in [-0.3, -0.25) is 0 Å². The first-order chi connectivity index (χ1) is 6.99. The summed E-state index contributed by atoms with van der Waals surface area (Å²) < 4.78 is 29.6. The molecule has 7 heteroatoms. The van der Waals surface area contributed by atoms with Gasteiger partial charge in [0.15, 0.2) is 0 Å². The van der Waals surface area contributed by atoms with Crippen LogP contribution in [0.4, 0.5) is 8.78 Å². The van der Waals surface area contributed by atoms with Crippen LogP contribution in [0.25, 0.3) is 0 Å². The van der Waals surface area contributed by atoms with Crippen LogP contribution in [-0.2, 0) is 0 Å². The van der Waals surface area contributed by atoms with Gasteiger partial charge in [0.05, 0.1) is 23.9 Å². The fraction of sp³-hybridized carbons (Fsp3) is 0.250. The van der Waals surface area contributed by atoms with Crippen LogP contribution in [0, 0.1) is 0 Å². The zero-order chi connectivity index (χ0) is 11.6. The fourth-order valence-electron chi connectivity index (χ4n) is 1.06. The van der Waals surface area contributed by atoms with Gasteiger partial charge < -0.3 is 9.84 Å². The first kappa shape index (κ1) is 11.6. The monoisotopic (exact) mass is 237 g/mol. The van der Waals surface area contributed by atoms with Crippen molar-refractivity contribution in [3.8, 4) is 5.88 Å². The number of nitrogens with zero attached hydrogens (tertiary/aromatic N) is 1. The molecule has 0 radical (unpaired) electrons. The van der Waals surface area contributed by atoms with Gasteiger partial charge in [-0.2, -0.15) is 0 Å². The van der Waals surface area contributed by atoms with E-state index in [9.17, 15) is 13.6 Å². The number of hydrogen-bond acceptors (Lipinski definition) is 3. The Kier molecular flexibility index (Phi) is 3.41. The van der Waals surface area contributed by atoms with Crippen LogP contribution in [0.2, 0.25) is 5.02 Å². The van der Waals surface area contributed by atoms with Crippen LogP contribution in [0.1, 0.15) is 22.3 Å². The molecule has 0 spiro atoms. The lowest BCUT2D eigenvalue weighted by Gasteiger charge is -2.10. The molecule has 0 unspecified atom stereocenters. The van der Waals surface area contributed by atoms with Crippen molar-refractivity contribution in [2.45, 2.75) is 6.43 Å². The van der Waals surface area contributed by atoms with Gasteiger partial charge in [0.25, 0.3) is 6.43 Å². The molecular weight excluding hydrogens is 232 g/mol. The molecule has 1 aromatic heterocycles. The number of hydrogen-bond donors (Lipinski definition) is 1. The molecule has 1 heterocycles. The van der Waals surface area contributed by atoms with Gasteiger partial charge >= 0.3 is 5.97 Å². The molecule has 0 saturated heterocycles. The number of aromatic carboxylic acids is 1. The molecule has 0 atom stereocenters. The summed E-state index contributed by atoms with van der Waals surface area (Å²) >= 11 is 5.44. The summed E-state index contributed by atoms with van der Waals surface area (Å²) in [5.74, 6) is -1.95. The third-order valence-corrected chi connectivity index (χ3v) is 1.96. The summed E-state index contributed by atoms with van der Waals surface area (Å²) in [6, 6.07) is 0. The smallest absolute Gasteiger partial charge is 0.341 e. The van der Waals surface area contributed by atoms with Gasteiger partial charge in [-0.05, 0) is 0 Å². The maximum atomic E-state index is 12.5. The Morgan fingerprint density at radius 1 is 1.67 bits per heavy atom. The molecule has 0 fully saturated rings. The van der Waals surface area contributed by atoms with Crippen molar-refractivity contribution in [1.82, 2.24) is 4.98 Å². The largest absolute Gasteiger partial charge is 0.480 e. The molecule has 1 rings (SSSR count). The summed E-state index contributed by atoms with van der Waals surface area (Å²) in [6.45, 7) is 0. The van der Waals surface area contributed by atoms with Crippen molar-refractivity contribution >= 4 is 17.6 Å². The number of rotatable bonds is 3. The van der Waals surface area contributed by atoms with Crippen molar-refractivity contribution in [1.29, 1.82) is 0 Å². The molecular formula is C8H6ClF2NO3. The Morgan fingerprint density at radius 3 is 2.67 bits per heavy atom. The summed E-state index contributed by atoms with van der Waals surface area (Å²) in [6.07, 6.45) is -2.07. The predicted octanol–water partition coefficient (Wildman–Crippen LogP) is 2.38. The zero-order valence-corrected chi connectivity index (χ0v) is 8.26. The number of ether oxygens (including phenoxy) is 1. The van der Waals surface area contributed by atoms with Gasteiger partial charge in [0.1, 0.15) is 5.56 Å². The Hall–Kier alpha value is -1.43. The van der Waals surface area contributed by atoms with Gasteiger partial charge in [0, 0.05) is 0 Å². The number of halogens is 3. The summed E-state index contributed by atoms with van der Waals surface area (Å²) in [5.41, 5.74) is -1.49. The molecule has 82 valence electrons. The van der Waals surface area contributed by atoms with Crippen molar-refractivity contribution in [3.05, 3.63) is 22.3 Å². The van der Waals surface area contributed by atoms with E-state index in [0.29, 0.717) is 0 Å². The summed E-state index contributed by atoms with van der Waals surface area (Å²) in [7, 11) is 1.14. The Morgan fingerprint density at radius 2 is 2.27 bits per heavy atom. The minimum absolute atomic E-state index is 0.387. The number of aromatic nitrogens is 1. The van der Waals surface area contributed by atoms with Crippen LogP contribution < -0.4 is 4.74 Å². The molecule has 15 heavy (non-hydrogen) atoms. The Balaban J connectivity index is 3.51. The van der Waals surface area contributed by atoms with Crippen LogP contribution in [0.15, 0.2) is 6.20 Å². The molecule has 0 bridgehead atoms.